The van der Waals surface area contributed by atoms with E-state index in [0.29, 0.717) is 17.9 Å². The summed E-state index contributed by atoms with van der Waals surface area (Å²) in [5.74, 6) is -0.182. The smallest absolute Gasteiger partial charge is 0.411 e. The second kappa shape index (κ2) is 9.94. The number of amides is 3. The SMILES string of the molecule is COc1cccc(NC(=O)[C@@H](C)NC(=O)[C@H]2Cc3ccccc3CN2C(=O)OC(C)(C)C)c1. The average Bonchev–Trinajstić information content (AvgIpc) is 2.77. The summed E-state index contributed by atoms with van der Waals surface area (Å²) < 4.78 is 10.7. The van der Waals surface area contributed by atoms with Crippen LogP contribution in [0.2, 0.25) is 0 Å². The van der Waals surface area contributed by atoms with Gasteiger partial charge in [-0.2, -0.15) is 0 Å². The molecule has 0 fully saturated rings. The van der Waals surface area contributed by atoms with E-state index in [1.165, 1.54) is 4.90 Å². The van der Waals surface area contributed by atoms with Crippen molar-refractivity contribution >= 4 is 23.6 Å². The molecule has 1 aliphatic heterocycles. The molecular weight excluding hydrogens is 422 g/mol. The third-order valence-corrected chi connectivity index (χ3v) is 5.27. The number of ether oxygens (including phenoxy) is 2. The Morgan fingerprint density at radius 2 is 1.76 bits per heavy atom. The lowest BCUT2D eigenvalue weighted by Gasteiger charge is -2.37. The summed E-state index contributed by atoms with van der Waals surface area (Å²) in [5.41, 5.74) is 1.82. The first-order valence-electron chi connectivity index (χ1n) is 10.9. The minimum Gasteiger partial charge on any atom is -0.497 e. The monoisotopic (exact) mass is 453 g/mol. The van der Waals surface area contributed by atoms with Gasteiger partial charge in [0.05, 0.1) is 13.7 Å². The van der Waals surface area contributed by atoms with Gasteiger partial charge in [0.2, 0.25) is 11.8 Å². The van der Waals surface area contributed by atoms with Gasteiger partial charge in [0.1, 0.15) is 23.4 Å². The molecule has 2 aromatic rings. The number of anilines is 1. The molecule has 0 bridgehead atoms. The van der Waals surface area contributed by atoms with Crippen molar-refractivity contribution in [3.63, 3.8) is 0 Å². The van der Waals surface area contributed by atoms with Gasteiger partial charge in [-0.3, -0.25) is 14.5 Å². The van der Waals surface area contributed by atoms with Crippen LogP contribution in [0.15, 0.2) is 48.5 Å². The normalized spacial score (nSPS) is 16.3. The molecule has 2 atom stereocenters. The number of carbonyl (C=O) groups is 3. The van der Waals surface area contributed by atoms with E-state index >= 15 is 0 Å². The Morgan fingerprint density at radius 1 is 1.06 bits per heavy atom. The van der Waals surface area contributed by atoms with Crippen LogP contribution in [-0.4, -0.2) is 47.6 Å². The molecule has 0 saturated heterocycles. The summed E-state index contributed by atoms with van der Waals surface area (Å²) >= 11 is 0. The van der Waals surface area contributed by atoms with E-state index in [4.69, 9.17) is 9.47 Å². The number of hydrogen-bond donors (Lipinski definition) is 2. The maximum atomic E-state index is 13.2. The molecule has 2 aromatic carbocycles. The topological polar surface area (TPSA) is 97.0 Å². The van der Waals surface area contributed by atoms with Crippen LogP contribution in [0.4, 0.5) is 10.5 Å². The second-order valence-corrected chi connectivity index (χ2v) is 9.05. The highest BCUT2D eigenvalue weighted by Crippen LogP contribution is 2.25. The molecule has 1 heterocycles. The first kappa shape index (κ1) is 24.1. The van der Waals surface area contributed by atoms with Gasteiger partial charge >= 0.3 is 6.09 Å². The van der Waals surface area contributed by atoms with Crippen LogP contribution in [0, 0.1) is 0 Å². The van der Waals surface area contributed by atoms with E-state index in [1.54, 1.807) is 59.1 Å². The van der Waals surface area contributed by atoms with Gasteiger partial charge in [0, 0.05) is 18.2 Å². The molecule has 8 nitrogen and oxygen atoms in total. The van der Waals surface area contributed by atoms with E-state index in [0.717, 1.165) is 11.1 Å². The summed E-state index contributed by atoms with van der Waals surface area (Å²) in [5, 5.41) is 5.51. The summed E-state index contributed by atoms with van der Waals surface area (Å²) in [4.78, 5) is 40.2. The number of carbonyl (C=O) groups excluding carboxylic acids is 3. The summed E-state index contributed by atoms with van der Waals surface area (Å²) in [6.45, 7) is 7.20. The Morgan fingerprint density at radius 3 is 2.42 bits per heavy atom. The highest BCUT2D eigenvalue weighted by molar-refractivity contribution is 5.98. The standard InChI is InChI=1S/C25H31N3O5/c1-16(22(29)27-19-11-8-12-20(14-19)32-5)26-23(30)21-13-17-9-6-7-10-18(17)15-28(21)24(31)33-25(2,3)4/h6-12,14,16,21H,13,15H2,1-5H3,(H,26,30)(H,27,29)/t16-,21-/m1/s1. The van der Waals surface area contributed by atoms with Crippen molar-refractivity contribution in [2.75, 3.05) is 12.4 Å². The second-order valence-electron chi connectivity index (χ2n) is 9.05. The van der Waals surface area contributed by atoms with Gasteiger partial charge in [0.25, 0.3) is 0 Å². The van der Waals surface area contributed by atoms with Crippen molar-refractivity contribution in [3.05, 3.63) is 59.7 Å². The maximum Gasteiger partial charge on any atom is 0.411 e. The van der Waals surface area contributed by atoms with Crippen LogP contribution >= 0.6 is 0 Å². The lowest BCUT2D eigenvalue weighted by Crippen LogP contribution is -2.56. The highest BCUT2D eigenvalue weighted by atomic mass is 16.6. The number of rotatable bonds is 5. The minimum absolute atomic E-state index is 0.258. The van der Waals surface area contributed by atoms with E-state index in [1.807, 2.05) is 24.3 Å². The van der Waals surface area contributed by atoms with Crippen molar-refractivity contribution in [2.24, 2.45) is 0 Å². The van der Waals surface area contributed by atoms with Gasteiger partial charge in [-0.05, 0) is 51.0 Å². The van der Waals surface area contributed by atoms with Crippen LogP contribution in [-0.2, 0) is 27.3 Å². The van der Waals surface area contributed by atoms with Gasteiger partial charge in [-0.15, -0.1) is 0 Å². The van der Waals surface area contributed by atoms with Crippen molar-refractivity contribution < 1.29 is 23.9 Å². The number of benzene rings is 2. The minimum atomic E-state index is -0.818. The fourth-order valence-corrected chi connectivity index (χ4v) is 3.60. The zero-order valence-electron chi connectivity index (χ0n) is 19.7. The Bertz CT molecular complexity index is 1030. The molecule has 0 unspecified atom stereocenters. The highest BCUT2D eigenvalue weighted by Gasteiger charge is 2.37. The van der Waals surface area contributed by atoms with Crippen LogP contribution < -0.4 is 15.4 Å². The van der Waals surface area contributed by atoms with Crippen LogP contribution in [0.25, 0.3) is 0 Å². The largest absolute Gasteiger partial charge is 0.497 e. The summed E-state index contributed by atoms with van der Waals surface area (Å²) in [7, 11) is 1.54. The van der Waals surface area contributed by atoms with E-state index < -0.39 is 29.7 Å². The van der Waals surface area contributed by atoms with Crippen molar-refractivity contribution in [3.8, 4) is 5.75 Å². The van der Waals surface area contributed by atoms with E-state index in [-0.39, 0.29) is 12.5 Å². The van der Waals surface area contributed by atoms with Crippen molar-refractivity contribution in [2.45, 2.75) is 58.3 Å². The Kier molecular flexibility index (Phi) is 7.26. The number of methoxy groups -OCH3 is 1. The van der Waals surface area contributed by atoms with Crippen LogP contribution in [0.1, 0.15) is 38.8 Å². The molecule has 0 saturated carbocycles. The average molecular weight is 454 g/mol. The summed E-state index contributed by atoms with van der Waals surface area (Å²) in [6.07, 6.45) is -0.225. The quantitative estimate of drug-likeness (QED) is 0.722. The fraction of sp³-hybridized carbons (Fsp3) is 0.400. The third kappa shape index (κ3) is 6.25. The molecule has 33 heavy (non-hydrogen) atoms. The number of fused-ring (bicyclic) bond motifs is 1. The molecule has 2 N–H and O–H groups in total. The molecule has 176 valence electrons. The zero-order chi connectivity index (χ0) is 24.2. The predicted molar refractivity (Wildman–Crippen MR) is 125 cm³/mol. The Balaban J connectivity index is 1.73. The Hall–Kier alpha value is -3.55. The molecule has 1 aliphatic rings. The lowest BCUT2D eigenvalue weighted by atomic mass is 9.93. The first-order valence-corrected chi connectivity index (χ1v) is 10.9. The van der Waals surface area contributed by atoms with Crippen LogP contribution in [0.3, 0.4) is 0 Å². The van der Waals surface area contributed by atoms with Crippen LogP contribution in [0.5, 0.6) is 5.75 Å². The lowest BCUT2D eigenvalue weighted by molar-refractivity contribution is -0.130. The number of hydrogen-bond acceptors (Lipinski definition) is 5. The fourth-order valence-electron chi connectivity index (χ4n) is 3.60. The molecule has 0 aromatic heterocycles. The van der Waals surface area contributed by atoms with Crippen molar-refractivity contribution in [1.82, 2.24) is 10.2 Å². The third-order valence-electron chi connectivity index (χ3n) is 5.27. The maximum absolute atomic E-state index is 13.2. The molecule has 0 spiro atoms. The molecule has 0 radical (unpaired) electrons. The predicted octanol–water partition coefficient (Wildman–Crippen LogP) is 3.50. The van der Waals surface area contributed by atoms with Gasteiger partial charge in [0.15, 0.2) is 0 Å². The summed E-state index contributed by atoms with van der Waals surface area (Å²) in [6, 6.07) is 13.0. The molecular formula is C25H31N3O5. The van der Waals surface area contributed by atoms with Gasteiger partial charge < -0.3 is 20.1 Å². The van der Waals surface area contributed by atoms with E-state index in [2.05, 4.69) is 10.6 Å². The van der Waals surface area contributed by atoms with Gasteiger partial charge in [-0.1, -0.05) is 30.3 Å². The van der Waals surface area contributed by atoms with E-state index in [9.17, 15) is 14.4 Å². The molecule has 0 aliphatic carbocycles. The first-order chi connectivity index (χ1) is 15.6. The number of nitrogens with one attached hydrogen (secondary N) is 2. The van der Waals surface area contributed by atoms with Crippen molar-refractivity contribution in [1.29, 1.82) is 0 Å². The molecule has 3 amide bonds. The molecule has 8 heteroatoms. The Labute approximate surface area is 194 Å². The zero-order valence-corrected chi connectivity index (χ0v) is 19.7. The number of nitrogens with zero attached hydrogens (tertiary/aromatic N) is 1. The molecule has 3 rings (SSSR count). The van der Waals surface area contributed by atoms with Gasteiger partial charge in [-0.25, -0.2) is 4.79 Å².